The minimum absolute atomic E-state index is 0.110. The van der Waals surface area contributed by atoms with Crippen molar-refractivity contribution in [2.24, 2.45) is 0 Å². The van der Waals surface area contributed by atoms with Crippen molar-refractivity contribution >= 4 is 23.2 Å². The van der Waals surface area contributed by atoms with Crippen LogP contribution < -0.4 is 10.1 Å². The molecule has 0 radical (unpaired) electrons. The Hall–Kier alpha value is -1.56. The van der Waals surface area contributed by atoms with Crippen molar-refractivity contribution in [1.29, 1.82) is 0 Å². The molecule has 1 aromatic rings. The second-order valence-corrected chi connectivity index (χ2v) is 5.59. The van der Waals surface area contributed by atoms with Crippen LogP contribution in [0.4, 0.5) is 0 Å². The third kappa shape index (κ3) is 5.61. The van der Waals surface area contributed by atoms with Gasteiger partial charge in [-0.25, -0.2) is 4.79 Å². The molecular formula is C14H21NO4S. The first-order chi connectivity index (χ1) is 9.54. The molecule has 0 saturated heterocycles. The molecule has 6 heteroatoms. The molecule has 1 aromatic heterocycles. The molecule has 0 aliphatic rings. The van der Waals surface area contributed by atoms with Gasteiger partial charge < -0.3 is 15.2 Å². The fourth-order valence-corrected chi connectivity index (χ4v) is 2.47. The van der Waals surface area contributed by atoms with E-state index in [-0.39, 0.29) is 29.2 Å². The van der Waals surface area contributed by atoms with Gasteiger partial charge in [0.25, 0.3) is 5.91 Å². The monoisotopic (exact) mass is 299 g/mol. The van der Waals surface area contributed by atoms with Gasteiger partial charge in [-0.3, -0.25) is 4.79 Å². The van der Waals surface area contributed by atoms with Gasteiger partial charge >= 0.3 is 5.97 Å². The third-order valence-electron chi connectivity index (χ3n) is 2.83. The van der Waals surface area contributed by atoms with Crippen molar-refractivity contribution in [1.82, 2.24) is 5.32 Å². The summed E-state index contributed by atoms with van der Waals surface area (Å²) in [6.07, 6.45) is 4.35. The molecule has 2 N–H and O–H groups in total. The van der Waals surface area contributed by atoms with Gasteiger partial charge in [-0.1, -0.05) is 26.2 Å². The number of hydrogen-bond acceptors (Lipinski definition) is 4. The fourth-order valence-electron chi connectivity index (χ4n) is 1.80. The standard InChI is InChI=1S/C14H21NO4S/c1-3-4-5-6-10(2)15-12(16)9-19-11-7-8-20-13(11)14(17)18/h7-8,10H,3-6,9H2,1-2H3,(H,15,16)(H,17,18). The lowest BCUT2D eigenvalue weighted by Gasteiger charge is -2.13. The van der Waals surface area contributed by atoms with Gasteiger partial charge in [0.15, 0.2) is 11.5 Å². The van der Waals surface area contributed by atoms with Crippen LogP contribution in [0, 0.1) is 0 Å². The first kappa shape index (κ1) is 16.5. The number of unbranched alkanes of at least 4 members (excludes halogenated alkanes) is 2. The van der Waals surface area contributed by atoms with Crippen LogP contribution in [0.15, 0.2) is 11.4 Å². The molecule has 20 heavy (non-hydrogen) atoms. The molecule has 112 valence electrons. The highest BCUT2D eigenvalue weighted by atomic mass is 32.1. The molecule has 1 heterocycles. The Kier molecular flexibility index (Phi) is 7.08. The molecule has 1 atom stereocenters. The van der Waals surface area contributed by atoms with E-state index in [2.05, 4.69) is 12.2 Å². The second kappa shape index (κ2) is 8.58. The Morgan fingerprint density at radius 3 is 2.85 bits per heavy atom. The highest BCUT2D eigenvalue weighted by molar-refractivity contribution is 7.12. The van der Waals surface area contributed by atoms with Gasteiger partial charge in [0.1, 0.15) is 5.75 Å². The molecule has 1 rings (SSSR count). The quantitative estimate of drug-likeness (QED) is 0.687. The van der Waals surface area contributed by atoms with E-state index in [9.17, 15) is 9.59 Å². The zero-order valence-corrected chi connectivity index (χ0v) is 12.7. The van der Waals surface area contributed by atoms with Crippen LogP contribution in [0.25, 0.3) is 0 Å². The highest BCUT2D eigenvalue weighted by Crippen LogP contribution is 2.24. The smallest absolute Gasteiger partial charge is 0.349 e. The van der Waals surface area contributed by atoms with Gasteiger partial charge in [-0.15, -0.1) is 11.3 Å². The van der Waals surface area contributed by atoms with E-state index in [1.807, 2.05) is 6.92 Å². The molecule has 5 nitrogen and oxygen atoms in total. The maximum Gasteiger partial charge on any atom is 0.349 e. The lowest BCUT2D eigenvalue weighted by atomic mass is 10.1. The van der Waals surface area contributed by atoms with Crippen molar-refractivity contribution in [3.8, 4) is 5.75 Å². The summed E-state index contributed by atoms with van der Waals surface area (Å²) in [5.74, 6) is -1.02. The average Bonchev–Trinajstić information content (AvgIpc) is 2.85. The molecule has 0 saturated carbocycles. The third-order valence-corrected chi connectivity index (χ3v) is 3.71. The lowest BCUT2D eigenvalue weighted by molar-refractivity contribution is -0.123. The predicted octanol–water partition coefficient (Wildman–Crippen LogP) is 2.91. The molecule has 0 aliphatic heterocycles. The van der Waals surface area contributed by atoms with Gasteiger partial charge in [-0.2, -0.15) is 0 Å². The number of rotatable bonds is 9. The molecule has 0 spiro atoms. The Bertz CT molecular complexity index is 444. The van der Waals surface area contributed by atoms with E-state index in [4.69, 9.17) is 9.84 Å². The number of carbonyl (C=O) groups is 2. The molecular weight excluding hydrogens is 278 g/mol. The zero-order valence-electron chi connectivity index (χ0n) is 11.8. The average molecular weight is 299 g/mol. The van der Waals surface area contributed by atoms with E-state index in [0.29, 0.717) is 0 Å². The lowest BCUT2D eigenvalue weighted by Crippen LogP contribution is -2.36. The van der Waals surface area contributed by atoms with Crippen LogP contribution in [0.5, 0.6) is 5.75 Å². The molecule has 0 aromatic carbocycles. The number of aromatic carboxylic acids is 1. The molecule has 0 aliphatic carbocycles. The van der Waals surface area contributed by atoms with Crippen molar-refractivity contribution in [3.05, 3.63) is 16.3 Å². The normalized spacial score (nSPS) is 11.9. The summed E-state index contributed by atoms with van der Waals surface area (Å²) in [4.78, 5) is 22.7. The fraction of sp³-hybridized carbons (Fsp3) is 0.571. The number of carbonyl (C=O) groups excluding carboxylic acids is 1. The summed E-state index contributed by atoms with van der Waals surface area (Å²) in [5, 5.41) is 13.4. The number of nitrogens with one attached hydrogen (secondary N) is 1. The first-order valence-corrected chi connectivity index (χ1v) is 7.65. The molecule has 0 fully saturated rings. The summed E-state index contributed by atoms with van der Waals surface area (Å²) in [5.41, 5.74) is 0. The Morgan fingerprint density at radius 1 is 1.45 bits per heavy atom. The van der Waals surface area contributed by atoms with Gasteiger partial charge in [0.2, 0.25) is 0 Å². The van der Waals surface area contributed by atoms with Crippen LogP contribution in [0.1, 0.15) is 49.2 Å². The molecule has 0 bridgehead atoms. The topological polar surface area (TPSA) is 75.6 Å². The second-order valence-electron chi connectivity index (χ2n) is 4.67. The van der Waals surface area contributed by atoms with Crippen LogP contribution >= 0.6 is 11.3 Å². The highest BCUT2D eigenvalue weighted by Gasteiger charge is 2.14. The summed E-state index contributed by atoms with van der Waals surface area (Å²) in [6.45, 7) is 3.94. The van der Waals surface area contributed by atoms with Gasteiger partial charge in [-0.05, 0) is 24.8 Å². The predicted molar refractivity (Wildman–Crippen MR) is 78.5 cm³/mol. The van der Waals surface area contributed by atoms with E-state index < -0.39 is 5.97 Å². The maximum atomic E-state index is 11.7. The van der Waals surface area contributed by atoms with Crippen LogP contribution in [-0.2, 0) is 4.79 Å². The van der Waals surface area contributed by atoms with E-state index >= 15 is 0 Å². The molecule has 1 unspecified atom stereocenters. The number of carboxylic acids is 1. The maximum absolute atomic E-state index is 11.7. The summed E-state index contributed by atoms with van der Waals surface area (Å²) in [6, 6.07) is 1.67. The number of ether oxygens (including phenoxy) is 1. The van der Waals surface area contributed by atoms with Crippen LogP contribution in [0.3, 0.4) is 0 Å². The van der Waals surface area contributed by atoms with E-state index in [0.717, 1.165) is 37.0 Å². The first-order valence-electron chi connectivity index (χ1n) is 6.77. The van der Waals surface area contributed by atoms with Crippen molar-refractivity contribution in [2.75, 3.05) is 6.61 Å². The van der Waals surface area contributed by atoms with E-state index in [1.54, 1.807) is 11.4 Å². The van der Waals surface area contributed by atoms with Crippen LogP contribution in [-0.4, -0.2) is 29.6 Å². The molecule has 1 amide bonds. The summed E-state index contributed by atoms with van der Waals surface area (Å²) >= 11 is 1.08. The summed E-state index contributed by atoms with van der Waals surface area (Å²) in [7, 11) is 0. The number of thiophene rings is 1. The van der Waals surface area contributed by atoms with Crippen molar-refractivity contribution in [2.45, 2.75) is 45.6 Å². The van der Waals surface area contributed by atoms with Gasteiger partial charge in [0.05, 0.1) is 0 Å². The van der Waals surface area contributed by atoms with Crippen molar-refractivity contribution < 1.29 is 19.4 Å². The number of amides is 1. The minimum Gasteiger partial charge on any atom is -0.482 e. The van der Waals surface area contributed by atoms with Gasteiger partial charge in [0, 0.05) is 6.04 Å². The van der Waals surface area contributed by atoms with Crippen molar-refractivity contribution in [3.63, 3.8) is 0 Å². The zero-order chi connectivity index (χ0) is 15.0. The number of hydrogen-bond donors (Lipinski definition) is 2. The Morgan fingerprint density at radius 2 is 2.20 bits per heavy atom. The minimum atomic E-state index is -1.04. The summed E-state index contributed by atoms with van der Waals surface area (Å²) < 4.78 is 5.24. The SMILES string of the molecule is CCCCCC(C)NC(=O)COc1ccsc1C(=O)O. The van der Waals surface area contributed by atoms with E-state index in [1.165, 1.54) is 0 Å². The number of carboxylic acid groups (broad SMARTS) is 1. The Balaban J connectivity index is 2.32. The Labute approximate surface area is 123 Å². The van der Waals surface area contributed by atoms with Crippen LogP contribution in [0.2, 0.25) is 0 Å². The largest absolute Gasteiger partial charge is 0.482 e.